The van der Waals surface area contributed by atoms with Crippen LogP contribution in [0.2, 0.25) is 0 Å². The summed E-state index contributed by atoms with van der Waals surface area (Å²) < 4.78 is 16.8. The van der Waals surface area contributed by atoms with Crippen molar-refractivity contribution in [2.45, 2.75) is 6.92 Å². The lowest BCUT2D eigenvalue weighted by molar-refractivity contribution is -0.139. The van der Waals surface area contributed by atoms with E-state index in [0.717, 1.165) is 16.6 Å². The molecule has 0 spiro atoms. The van der Waals surface area contributed by atoms with Crippen LogP contribution in [0.25, 0.3) is 21.8 Å². The third-order valence-corrected chi connectivity index (χ3v) is 4.43. The van der Waals surface area contributed by atoms with Gasteiger partial charge in [-0.3, -0.25) is 4.98 Å². The topological polar surface area (TPSA) is 90.8 Å². The summed E-state index contributed by atoms with van der Waals surface area (Å²) in [4.78, 5) is 19.8. The Hall–Kier alpha value is -3.87. The Morgan fingerprint density at radius 2 is 1.83 bits per heavy atom. The molecule has 146 valence electrons. The number of aromatic nitrogens is 2. The molecule has 1 N–H and O–H groups in total. The molecule has 0 unspecified atom stereocenters. The molecule has 0 aliphatic rings. The van der Waals surface area contributed by atoms with Crippen LogP contribution < -0.4 is 14.2 Å². The number of hydrogen-bond acceptors (Lipinski definition) is 6. The van der Waals surface area contributed by atoms with Crippen LogP contribution in [-0.4, -0.2) is 34.8 Å². The van der Waals surface area contributed by atoms with Gasteiger partial charge in [-0.1, -0.05) is 18.2 Å². The number of carboxylic acid groups (broad SMARTS) is 1. The average Bonchev–Trinajstić information content (AvgIpc) is 2.72. The molecular weight excluding hydrogens is 372 g/mol. The monoisotopic (exact) mass is 390 g/mol. The molecule has 0 aliphatic heterocycles. The number of benzene rings is 2. The molecule has 7 nitrogen and oxygen atoms in total. The molecular formula is C22H18N2O5. The normalized spacial score (nSPS) is 10.8. The molecule has 4 rings (SSSR count). The number of rotatable bonds is 6. The number of methoxy groups -OCH3 is 1. The first kappa shape index (κ1) is 18.5. The molecule has 29 heavy (non-hydrogen) atoms. The molecule has 0 aliphatic carbocycles. The fourth-order valence-electron chi connectivity index (χ4n) is 3.04. The van der Waals surface area contributed by atoms with Crippen LogP contribution >= 0.6 is 0 Å². The van der Waals surface area contributed by atoms with E-state index in [4.69, 9.17) is 19.3 Å². The van der Waals surface area contributed by atoms with Crippen molar-refractivity contribution in [1.82, 2.24) is 9.97 Å². The molecule has 0 radical (unpaired) electrons. The Bertz CT molecular complexity index is 1220. The van der Waals surface area contributed by atoms with Crippen LogP contribution in [-0.2, 0) is 4.79 Å². The summed E-state index contributed by atoms with van der Waals surface area (Å²) in [5, 5.41) is 10.5. The molecule has 0 amide bonds. The van der Waals surface area contributed by atoms with Crippen LogP contribution in [0, 0.1) is 6.92 Å². The van der Waals surface area contributed by atoms with Gasteiger partial charge in [0.15, 0.2) is 18.1 Å². The molecule has 0 fully saturated rings. The highest BCUT2D eigenvalue weighted by Gasteiger charge is 2.14. The molecule has 0 saturated carbocycles. The Labute approximate surface area is 166 Å². The largest absolute Gasteiger partial charge is 0.493 e. The van der Waals surface area contributed by atoms with Crippen molar-refractivity contribution in [3.8, 4) is 23.0 Å². The van der Waals surface area contributed by atoms with E-state index in [1.807, 2.05) is 37.3 Å². The lowest BCUT2D eigenvalue weighted by atomic mass is 10.1. The minimum atomic E-state index is -1.07. The fourth-order valence-corrected chi connectivity index (χ4v) is 3.04. The standard InChI is InChI=1S/C22H18N2O5/c1-13-19(9-14-5-3-4-6-16(14)24-13)29-18-7-8-23-17-11-21(28-12-22(25)26)20(27-2)10-15(17)18/h3-11H,12H2,1-2H3,(H,25,26). The van der Waals surface area contributed by atoms with E-state index in [1.165, 1.54) is 7.11 Å². The number of carbonyl (C=O) groups is 1. The van der Waals surface area contributed by atoms with Gasteiger partial charge in [0.05, 0.1) is 23.8 Å². The van der Waals surface area contributed by atoms with Gasteiger partial charge in [-0.15, -0.1) is 0 Å². The lowest BCUT2D eigenvalue weighted by Gasteiger charge is -2.14. The highest BCUT2D eigenvalue weighted by molar-refractivity contribution is 5.89. The van der Waals surface area contributed by atoms with Crippen LogP contribution in [0.15, 0.2) is 54.7 Å². The van der Waals surface area contributed by atoms with Crippen LogP contribution in [0.5, 0.6) is 23.0 Å². The van der Waals surface area contributed by atoms with Crippen molar-refractivity contribution in [2.24, 2.45) is 0 Å². The Morgan fingerprint density at radius 1 is 1.00 bits per heavy atom. The lowest BCUT2D eigenvalue weighted by Crippen LogP contribution is -2.10. The number of fused-ring (bicyclic) bond motifs is 2. The predicted molar refractivity (Wildman–Crippen MR) is 108 cm³/mol. The quantitative estimate of drug-likeness (QED) is 0.523. The summed E-state index contributed by atoms with van der Waals surface area (Å²) in [6, 6.07) is 14.9. The highest BCUT2D eigenvalue weighted by Crippen LogP contribution is 2.37. The average molecular weight is 390 g/mol. The number of pyridine rings is 2. The maximum Gasteiger partial charge on any atom is 0.341 e. The van der Waals surface area contributed by atoms with E-state index in [2.05, 4.69) is 9.97 Å². The maximum atomic E-state index is 10.8. The highest BCUT2D eigenvalue weighted by atomic mass is 16.5. The van der Waals surface area contributed by atoms with Crippen LogP contribution in [0.1, 0.15) is 5.69 Å². The first-order valence-electron chi connectivity index (χ1n) is 8.91. The van der Waals surface area contributed by atoms with Gasteiger partial charge in [0.25, 0.3) is 0 Å². The Balaban J connectivity index is 1.76. The summed E-state index contributed by atoms with van der Waals surface area (Å²) in [5.74, 6) is 0.844. The van der Waals surface area contributed by atoms with Gasteiger partial charge < -0.3 is 19.3 Å². The van der Waals surface area contributed by atoms with E-state index in [-0.39, 0.29) is 0 Å². The number of ether oxygens (including phenoxy) is 3. The second-order valence-corrected chi connectivity index (χ2v) is 6.38. The zero-order valence-electron chi connectivity index (χ0n) is 15.9. The third-order valence-electron chi connectivity index (χ3n) is 4.43. The second kappa shape index (κ2) is 7.63. The number of aryl methyl sites for hydroxylation is 1. The van der Waals surface area contributed by atoms with Crippen molar-refractivity contribution in [2.75, 3.05) is 13.7 Å². The summed E-state index contributed by atoms with van der Waals surface area (Å²) in [6.07, 6.45) is 1.62. The first-order valence-corrected chi connectivity index (χ1v) is 8.91. The summed E-state index contributed by atoms with van der Waals surface area (Å²) in [6.45, 7) is 1.42. The van der Waals surface area contributed by atoms with E-state index in [0.29, 0.717) is 33.9 Å². The minimum absolute atomic E-state index is 0.301. The molecule has 2 aromatic heterocycles. The summed E-state index contributed by atoms with van der Waals surface area (Å²) in [5.41, 5.74) is 2.26. The Morgan fingerprint density at radius 3 is 2.62 bits per heavy atom. The maximum absolute atomic E-state index is 10.8. The SMILES string of the molecule is COc1cc2c(Oc3cc4ccccc4nc3C)ccnc2cc1OCC(=O)O. The number of nitrogens with zero attached hydrogens (tertiary/aromatic N) is 2. The van der Waals surface area contributed by atoms with Gasteiger partial charge in [-0.25, -0.2) is 9.78 Å². The van der Waals surface area contributed by atoms with Crippen LogP contribution in [0.3, 0.4) is 0 Å². The van der Waals surface area contributed by atoms with E-state index < -0.39 is 12.6 Å². The molecule has 0 atom stereocenters. The zero-order chi connectivity index (χ0) is 20.4. The number of para-hydroxylation sites is 1. The van der Waals surface area contributed by atoms with Crippen molar-refractivity contribution in [3.63, 3.8) is 0 Å². The van der Waals surface area contributed by atoms with E-state index in [1.54, 1.807) is 24.4 Å². The summed E-state index contributed by atoms with van der Waals surface area (Å²) in [7, 11) is 1.49. The zero-order valence-corrected chi connectivity index (χ0v) is 15.9. The van der Waals surface area contributed by atoms with Gasteiger partial charge in [0.2, 0.25) is 0 Å². The molecule has 0 bridgehead atoms. The van der Waals surface area contributed by atoms with Crippen LogP contribution in [0.4, 0.5) is 0 Å². The van der Waals surface area contributed by atoms with Crippen molar-refractivity contribution in [3.05, 3.63) is 60.4 Å². The first-order chi connectivity index (χ1) is 14.0. The van der Waals surface area contributed by atoms with Gasteiger partial charge in [-0.05, 0) is 31.2 Å². The molecule has 7 heteroatoms. The van der Waals surface area contributed by atoms with E-state index in [9.17, 15) is 4.79 Å². The van der Waals surface area contributed by atoms with Gasteiger partial charge in [-0.2, -0.15) is 0 Å². The number of aliphatic carboxylic acids is 1. The minimum Gasteiger partial charge on any atom is -0.493 e. The van der Waals surface area contributed by atoms with Gasteiger partial charge in [0, 0.05) is 23.0 Å². The number of hydrogen-bond donors (Lipinski definition) is 1. The van der Waals surface area contributed by atoms with E-state index >= 15 is 0 Å². The fraction of sp³-hybridized carbons (Fsp3) is 0.136. The Kier molecular flexibility index (Phi) is 4.87. The van der Waals surface area contributed by atoms with Gasteiger partial charge >= 0.3 is 5.97 Å². The third kappa shape index (κ3) is 3.75. The second-order valence-electron chi connectivity index (χ2n) is 6.38. The molecule has 0 saturated heterocycles. The summed E-state index contributed by atoms with van der Waals surface area (Å²) >= 11 is 0. The molecule has 2 aromatic carbocycles. The van der Waals surface area contributed by atoms with Crippen molar-refractivity contribution >= 4 is 27.8 Å². The number of carboxylic acids is 1. The molecule has 2 heterocycles. The molecule has 4 aromatic rings. The van der Waals surface area contributed by atoms with Crippen molar-refractivity contribution < 1.29 is 24.1 Å². The van der Waals surface area contributed by atoms with Crippen molar-refractivity contribution in [1.29, 1.82) is 0 Å². The smallest absolute Gasteiger partial charge is 0.341 e. The van der Waals surface area contributed by atoms with Gasteiger partial charge in [0.1, 0.15) is 11.5 Å². The predicted octanol–water partition coefficient (Wildman–Crippen LogP) is 4.36.